The maximum Gasteiger partial charge on any atom is 0.277 e. The molecule has 8 heteroatoms. The van der Waals surface area contributed by atoms with Gasteiger partial charge in [-0.3, -0.25) is 4.79 Å². The van der Waals surface area contributed by atoms with E-state index in [9.17, 15) is 13.2 Å². The molecule has 2 rings (SSSR count). The van der Waals surface area contributed by atoms with E-state index in [-0.39, 0.29) is 11.9 Å². The van der Waals surface area contributed by atoms with E-state index in [0.29, 0.717) is 50.8 Å². The number of hydrogen-bond acceptors (Lipinski definition) is 4. The van der Waals surface area contributed by atoms with E-state index in [1.54, 1.807) is 12.1 Å². The number of quaternary nitrogens is 1. The molecule has 1 fully saturated rings. The molecule has 146 valence electrons. The third-order valence-corrected chi connectivity index (χ3v) is 6.82. The molecular weight excluding hydrogens is 354 g/mol. The van der Waals surface area contributed by atoms with Gasteiger partial charge in [-0.1, -0.05) is 26.0 Å². The first-order chi connectivity index (χ1) is 12.4. The quantitative estimate of drug-likeness (QED) is 0.694. The molecule has 0 bridgehead atoms. The molecule has 0 saturated carbocycles. The van der Waals surface area contributed by atoms with Gasteiger partial charge in [-0.2, -0.15) is 4.31 Å². The van der Waals surface area contributed by atoms with Crippen molar-refractivity contribution in [1.82, 2.24) is 9.21 Å². The Bertz CT molecular complexity index is 681. The smallest absolute Gasteiger partial charge is 0.277 e. The number of hydrogen-bond donors (Lipinski definition) is 1. The van der Waals surface area contributed by atoms with Gasteiger partial charge in [0.15, 0.2) is 6.54 Å². The molecule has 1 aliphatic rings. The number of carbonyl (C=O) groups is 1. The zero-order chi connectivity index (χ0) is 19.2. The molecule has 0 aromatic heterocycles. The lowest BCUT2D eigenvalue weighted by atomic mass is 10.1. The van der Waals surface area contributed by atoms with Gasteiger partial charge in [-0.25, -0.2) is 8.42 Å². The first-order valence-electron chi connectivity index (χ1n) is 9.19. The highest BCUT2D eigenvalue weighted by Gasteiger charge is 2.23. The number of benzene rings is 1. The minimum absolute atomic E-state index is 0.0743. The third kappa shape index (κ3) is 5.03. The van der Waals surface area contributed by atoms with Crippen LogP contribution in [-0.2, 0) is 19.6 Å². The summed E-state index contributed by atoms with van der Waals surface area (Å²) in [6, 6.07) is 7.03. The lowest BCUT2D eigenvalue weighted by molar-refractivity contribution is -0.683. The molecule has 0 spiro atoms. The van der Waals surface area contributed by atoms with Gasteiger partial charge >= 0.3 is 0 Å². The zero-order valence-corrected chi connectivity index (χ0v) is 16.7. The Hall–Kier alpha value is -1.48. The van der Waals surface area contributed by atoms with Gasteiger partial charge in [-0.15, -0.1) is 0 Å². The van der Waals surface area contributed by atoms with Gasteiger partial charge in [0.2, 0.25) is 10.0 Å². The Morgan fingerprint density at radius 2 is 1.77 bits per heavy atom. The fraction of sp³-hybridized carbons (Fsp3) is 0.611. The number of sulfonamides is 1. The maximum atomic E-state index is 12.5. The summed E-state index contributed by atoms with van der Waals surface area (Å²) in [6.45, 7) is 9.46. The highest BCUT2D eigenvalue weighted by Crippen LogP contribution is 2.18. The SMILES string of the molecule is CCN(CC)S(=O)(=O)c1ccc([C@@H](C)[NH2+]CC(=O)N2CCOCC2)cc1. The van der Waals surface area contributed by atoms with Crippen LogP contribution in [0, 0.1) is 0 Å². The third-order valence-electron chi connectivity index (χ3n) is 4.76. The van der Waals surface area contributed by atoms with Crippen LogP contribution >= 0.6 is 0 Å². The lowest BCUT2D eigenvalue weighted by Crippen LogP contribution is -2.87. The molecule has 0 aliphatic carbocycles. The van der Waals surface area contributed by atoms with Crippen molar-refractivity contribution in [1.29, 1.82) is 0 Å². The molecular formula is C18H30N3O4S+. The number of rotatable bonds is 8. The largest absolute Gasteiger partial charge is 0.378 e. The van der Waals surface area contributed by atoms with Crippen LogP contribution in [-0.4, -0.2) is 69.5 Å². The van der Waals surface area contributed by atoms with E-state index in [4.69, 9.17) is 4.74 Å². The van der Waals surface area contributed by atoms with Crippen LogP contribution < -0.4 is 5.32 Å². The van der Waals surface area contributed by atoms with Crippen molar-refractivity contribution in [2.75, 3.05) is 45.9 Å². The summed E-state index contributed by atoms with van der Waals surface area (Å²) in [6.07, 6.45) is 0. The van der Waals surface area contributed by atoms with E-state index < -0.39 is 10.0 Å². The standard InChI is InChI=1S/C18H29N3O4S/c1-4-21(5-2)26(23,24)17-8-6-16(7-9-17)15(3)19-14-18(22)20-10-12-25-13-11-20/h6-9,15,19H,4-5,10-14H2,1-3H3/p+1/t15-/m1/s1. The molecule has 0 unspecified atom stereocenters. The summed E-state index contributed by atoms with van der Waals surface area (Å²) >= 11 is 0. The molecule has 1 atom stereocenters. The van der Waals surface area contributed by atoms with Crippen LogP contribution in [0.1, 0.15) is 32.4 Å². The number of nitrogens with two attached hydrogens (primary N) is 1. The minimum Gasteiger partial charge on any atom is -0.378 e. The fourth-order valence-electron chi connectivity index (χ4n) is 3.01. The van der Waals surface area contributed by atoms with Crippen LogP contribution in [0.5, 0.6) is 0 Å². The van der Waals surface area contributed by atoms with Crippen molar-refractivity contribution < 1.29 is 23.3 Å². The summed E-state index contributed by atoms with van der Waals surface area (Å²) in [7, 11) is -3.43. The molecule has 0 radical (unpaired) electrons. The normalized spacial score (nSPS) is 16.7. The molecule has 1 aromatic rings. The minimum atomic E-state index is -3.43. The molecule has 7 nitrogen and oxygen atoms in total. The van der Waals surface area contributed by atoms with E-state index in [2.05, 4.69) is 0 Å². The van der Waals surface area contributed by atoms with Crippen molar-refractivity contribution in [3.63, 3.8) is 0 Å². The van der Waals surface area contributed by atoms with Gasteiger partial charge < -0.3 is 15.0 Å². The first kappa shape index (κ1) is 20.8. The van der Waals surface area contributed by atoms with E-state index in [0.717, 1.165) is 5.56 Å². The van der Waals surface area contributed by atoms with E-state index in [1.807, 2.05) is 43.1 Å². The zero-order valence-electron chi connectivity index (χ0n) is 15.8. The summed E-state index contributed by atoms with van der Waals surface area (Å²) in [5.41, 5.74) is 0.998. The summed E-state index contributed by atoms with van der Waals surface area (Å²) < 4.78 is 31.7. The van der Waals surface area contributed by atoms with Crippen LogP contribution in [0.15, 0.2) is 29.2 Å². The van der Waals surface area contributed by atoms with Crippen molar-refractivity contribution in [3.8, 4) is 0 Å². The topological polar surface area (TPSA) is 83.5 Å². The molecule has 1 heterocycles. The summed E-state index contributed by atoms with van der Waals surface area (Å²) in [5, 5.41) is 1.98. The highest BCUT2D eigenvalue weighted by molar-refractivity contribution is 7.89. The second-order valence-corrected chi connectivity index (χ2v) is 8.32. The molecule has 1 saturated heterocycles. The second kappa shape index (κ2) is 9.45. The van der Waals surface area contributed by atoms with Crippen molar-refractivity contribution in [3.05, 3.63) is 29.8 Å². The average molecular weight is 385 g/mol. The Balaban J connectivity index is 1.95. The Morgan fingerprint density at radius 3 is 2.31 bits per heavy atom. The molecule has 2 N–H and O–H groups in total. The number of morpholine rings is 1. The molecule has 1 amide bonds. The van der Waals surface area contributed by atoms with Crippen LogP contribution in [0.3, 0.4) is 0 Å². The molecule has 1 aliphatic heterocycles. The van der Waals surface area contributed by atoms with Crippen molar-refractivity contribution in [2.45, 2.75) is 31.7 Å². The number of amides is 1. The van der Waals surface area contributed by atoms with Gasteiger partial charge in [0, 0.05) is 31.7 Å². The predicted molar refractivity (Wildman–Crippen MR) is 99.2 cm³/mol. The Morgan fingerprint density at radius 1 is 1.19 bits per heavy atom. The monoisotopic (exact) mass is 384 g/mol. The molecule has 26 heavy (non-hydrogen) atoms. The van der Waals surface area contributed by atoms with Crippen molar-refractivity contribution >= 4 is 15.9 Å². The van der Waals surface area contributed by atoms with Crippen LogP contribution in [0.25, 0.3) is 0 Å². The van der Waals surface area contributed by atoms with E-state index >= 15 is 0 Å². The second-order valence-electron chi connectivity index (χ2n) is 6.38. The van der Waals surface area contributed by atoms with Gasteiger partial charge in [0.1, 0.15) is 6.04 Å². The Labute approximate surface area is 156 Å². The number of ether oxygens (including phenoxy) is 1. The average Bonchev–Trinajstić information content (AvgIpc) is 2.67. The predicted octanol–water partition coefficient (Wildman–Crippen LogP) is 0.200. The van der Waals surface area contributed by atoms with Gasteiger partial charge in [0.25, 0.3) is 5.91 Å². The van der Waals surface area contributed by atoms with Crippen LogP contribution in [0.2, 0.25) is 0 Å². The maximum absolute atomic E-state index is 12.5. The van der Waals surface area contributed by atoms with Crippen LogP contribution in [0.4, 0.5) is 0 Å². The summed E-state index contributed by atoms with van der Waals surface area (Å²) in [4.78, 5) is 14.3. The highest BCUT2D eigenvalue weighted by atomic mass is 32.2. The van der Waals surface area contributed by atoms with Gasteiger partial charge in [0.05, 0.1) is 18.1 Å². The van der Waals surface area contributed by atoms with E-state index in [1.165, 1.54) is 4.31 Å². The first-order valence-corrected chi connectivity index (χ1v) is 10.6. The van der Waals surface area contributed by atoms with Gasteiger partial charge in [-0.05, 0) is 19.1 Å². The fourth-order valence-corrected chi connectivity index (χ4v) is 4.47. The number of carbonyl (C=O) groups excluding carboxylic acids is 1. The summed E-state index contributed by atoms with van der Waals surface area (Å²) in [5.74, 6) is 0.112. The lowest BCUT2D eigenvalue weighted by Gasteiger charge is -2.26. The van der Waals surface area contributed by atoms with Crippen molar-refractivity contribution in [2.24, 2.45) is 0 Å². The number of nitrogens with zero attached hydrogens (tertiary/aromatic N) is 2. The Kier molecular flexibility index (Phi) is 7.57. The molecule has 1 aromatic carbocycles.